The van der Waals surface area contributed by atoms with Crippen LogP contribution in [0.15, 0.2) is 67.0 Å². The Kier molecular flexibility index (Phi) is 6.68. The lowest BCUT2D eigenvalue weighted by molar-refractivity contribution is -0.137. The number of alkyl halides is 3. The molecule has 8 nitrogen and oxygen atoms in total. The van der Waals surface area contributed by atoms with Crippen molar-refractivity contribution in [2.75, 3.05) is 36.4 Å². The fraction of sp³-hybridized carbons (Fsp3) is 0.308. The number of nitrogens with zero attached hydrogens (tertiary/aromatic N) is 4. The van der Waals surface area contributed by atoms with E-state index in [9.17, 15) is 22.8 Å². The molecule has 2 fully saturated rings. The summed E-state index contributed by atoms with van der Waals surface area (Å²) < 4.78 is 44.3. The van der Waals surface area contributed by atoms with E-state index in [-0.39, 0.29) is 29.4 Å². The van der Waals surface area contributed by atoms with E-state index in [1.807, 2.05) is 6.07 Å². The first-order chi connectivity index (χ1) is 17.8. The van der Waals surface area contributed by atoms with E-state index in [1.165, 1.54) is 12.1 Å². The lowest BCUT2D eigenvalue weighted by Crippen LogP contribution is -2.52. The highest BCUT2D eigenvalue weighted by Gasteiger charge is 2.34. The van der Waals surface area contributed by atoms with Crippen LogP contribution in [0.25, 0.3) is 0 Å². The molecule has 3 heterocycles. The Balaban J connectivity index is 1.09. The Morgan fingerprint density at radius 3 is 2.32 bits per heavy atom. The van der Waals surface area contributed by atoms with Crippen LogP contribution in [-0.4, -0.2) is 59.2 Å². The SMILES string of the molecule is O=C(Nc1ccc(O[C@@H]2CCN(C(=O)c3ccc(C(F)(F)F)cc3)C2)cc1)C1CN(c2ccnnc2)C1. The van der Waals surface area contributed by atoms with Gasteiger partial charge in [-0.05, 0) is 54.6 Å². The van der Waals surface area contributed by atoms with Gasteiger partial charge < -0.3 is 19.9 Å². The molecule has 2 aliphatic rings. The Morgan fingerprint density at radius 2 is 1.68 bits per heavy atom. The molecule has 11 heteroatoms. The first-order valence-electron chi connectivity index (χ1n) is 11.8. The average molecular weight is 512 g/mol. The highest BCUT2D eigenvalue weighted by Crippen LogP contribution is 2.30. The maximum absolute atomic E-state index is 12.8. The fourth-order valence-corrected chi connectivity index (χ4v) is 4.37. The molecule has 2 aliphatic heterocycles. The van der Waals surface area contributed by atoms with Crippen LogP contribution in [0.2, 0.25) is 0 Å². The number of amides is 2. The van der Waals surface area contributed by atoms with E-state index in [2.05, 4.69) is 20.4 Å². The number of likely N-dealkylation sites (tertiary alicyclic amines) is 1. The number of hydrogen-bond donors (Lipinski definition) is 1. The number of aromatic nitrogens is 2. The van der Waals surface area contributed by atoms with Crippen LogP contribution < -0.4 is 15.0 Å². The molecule has 0 saturated carbocycles. The van der Waals surface area contributed by atoms with Crippen LogP contribution in [0, 0.1) is 5.92 Å². The van der Waals surface area contributed by atoms with Crippen LogP contribution in [-0.2, 0) is 11.0 Å². The predicted octanol–water partition coefficient (Wildman–Crippen LogP) is 3.86. The van der Waals surface area contributed by atoms with Gasteiger partial charge in [0.2, 0.25) is 5.91 Å². The third-order valence-electron chi connectivity index (χ3n) is 6.50. The van der Waals surface area contributed by atoms with Crippen molar-refractivity contribution < 1.29 is 27.5 Å². The van der Waals surface area contributed by atoms with Crippen LogP contribution in [0.4, 0.5) is 24.5 Å². The number of benzene rings is 2. The van der Waals surface area contributed by atoms with E-state index in [1.54, 1.807) is 41.6 Å². The third kappa shape index (κ3) is 5.65. The maximum atomic E-state index is 12.8. The molecule has 0 unspecified atom stereocenters. The summed E-state index contributed by atoms with van der Waals surface area (Å²) in [6.07, 6.45) is -0.782. The molecular weight excluding hydrogens is 487 g/mol. The summed E-state index contributed by atoms with van der Waals surface area (Å²) >= 11 is 0. The summed E-state index contributed by atoms with van der Waals surface area (Å²) in [6.45, 7) is 2.01. The first kappa shape index (κ1) is 24.5. The lowest BCUT2D eigenvalue weighted by Gasteiger charge is -2.39. The normalized spacial score (nSPS) is 17.9. The van der Waals surface area contributed by atoms with E-state index in [4.69, 9.17) is 4.74 Å². The molecule has 5 rings (SSSR count). The molecule has 2 saturated heterocycles. The van der Waals surface area contributed by atoms with Crippen LogP contribution in [0.1, 0.15) is 22.3 Å². The molecule has 1 atom stereocenters. The second-order valence-electron chi connectivity index (χ2n) is 9.07. The molecule has 3 aromatic rings. The number of carbonyl (C=O) groups is 2. The maximum Gasteiger partial charge on any atom is 0.416 e. The highest BCUT2D eigenvalue weighted by molar-refractivity contribution is 5.95. The van der Waals surface area contributed by atoms with Crippen molar-refractivity contribution in [3.8, 4) is 5.75 Å². The number of rotatable bonds is 6. The zero-order valence-electron chi connectivity index (χ0n) is 19.7. The number of carbonyl (C=O) groups excluding carboxylic acids is 2. The minimum absolute atomic E-state index is 0.0554. The molecular formula is C26H24F3N5O3. The zero-order valence-corrected chi connectivity index (χ0v) is 19.7. The van der Waals surface area contributed by atoms with Crippen molar-refractivity contribution in [2.45, 2.75) is 18.7 Å². The Morgan fingerprint density at radius 1 is 0.946 bits per heavy atom. The number of hydrogen-bond acceptors (Lipinski definition) is 6. The van der Waals surface area contributed by atoms with Gasteiger partial charge in [0.15, 0.2) is 0 Å². The molecule has 0 aliphatic carbocycles. The van der Waals surface area contributed by atoms with Gasteiger partial charge in [-0.15, -0.1) is 0 Å². The number of anilines is 2. The zero-order chi connectivity index (χ0) is 26.0. The standard InChI is InChI=1S/C26H24F3N5O3/c27-26(28,29)19-3-1-17(2-4-19)25(36)33-12-10-23(16-33)37-22-7-5-20(6-8-22)32-24(35)18-14-34(15-18)21-9-11-30-31-13-21/h1-9,11,13,18,23H,10,12,14-16H2,(H,32,35)/t23-/m1/s1. The van der Waals surface area contributed by atoms with Crippen LogP contribution in [0.5, 0.6) is 5.75 Å². The van der Waals surface area contributed by atoms with Crippen LogP contribution in [0.3, 0.4) is 0 Å². The van der Waals surface area contributed by atoms with Gasteiger partial charge in [-0.2, -0.15) is 23.4 Å². The number of halogens is 3. The van der Waals surface area contributed by atoms with Crippen molar-refractivity contribution in [3.05, 3.63) is 78.1 Å². The molecule has 0 spiro atoms. The Labute approximate surface area is 211 Å². The minimum atomic E-state index is -4.44. The quantitative estimate of drug-likeness (QED) is 0.541. The van der Waals surface area contributed by atoms with Gasteiger partial charge in [0.25, 0.3) is 5.91 Å². The van der Waals surface area contributed by atoms with Crippen molar-refractivity contribution in [1.29, 1.82) is 0 Å². The van der Waals surface area contributed by atoms with Gasteiger partial charge in [-0.1, -0.05) is 0 Å². The summed E-state index contributed by atoms with van der Waals surface area (Å²) in [5.74, 6) is 0.107. The summed E-state index contributed by atoms with van der Waals surface area (Å²) in [5.41, 5.74) is 1.02. The van der Waals surface area contributed by atoms with E-state index in [0.717, 1.165) is 17.8 Å². The van der Waals surface area contributed by atoms with Gasteiger partial charge in [-0.3, -0.25) is 9.59 Å². The summed E-state index contributed by atoms with van der Waals surface area (Å²) in [4.78, 5) is 28.8. The van der Waals surface area contributed by atoms with Crippen molar-refractivity contribution in [3.63, 3.8) is 0 Å². The highest BCUT2D eigenvalue weighted by atomic mass is 19.4. The molecule has 1 aromatic heterocycles. The second-order valence-corrected chi connectivity index (χ2v) is 9.07. The summed E-state index contributed by atoms with van der Waals surface area (Å²) in [6, 6.07) is 13.1. The van der Waals surface area contributed by atoms with Crippen LogP contribution >= 0.6 is 0 Å². The molecule has 1 N–H and O–H groups in total. The van der Waals surface area contributed by atoms with Gasteiger partial charge in [-0.25, -0.2) is 0 Å². The second kappa shape index (κ2) is 10.1. The molecule has 192 valence electrons. The van der Waals surface area contributed by atoms with E-state index >= 15 is 0 Å². The third-order valence-corrected chi connectivity index (χ3v) is 6.50. The predicted molar refractivity (Wildman–Crippen MR) is 129 cm³/mol. The Bertz CT molecular complexity index is 1250. The van der Waals surface area contributed by atoms with Crippen molar-refractivity contribution >= 4 is 23.2 Å². The van der Waals surface area contributed by atoms with Gasteiger partial charge in [0.1, 0.15) is 11.9 Å². The number of nitrogens with one attached hydrogen (secondary N) is 1. The Hall–Kier alpha value is -4.15. The van der Waals surface area contributed by atoms with Crippen molar-refractivity contribution in [2.24, 2.45) is 5.92 Å². The van der Waals surface area contributed by atoms with E-state index in [0.29, 0.717) is 44.0 Å². The van der Waals surface area contributed by atoms with Gasteiger partial charge in [0, 0.05) is 37.3 Å². The fourth-order valence-electron chi connectivity index (χ4n) is 4.37. The number of ether oxygens (including phenoxy) is 1. The average Bonchev–Trinajstić information content (AvgIpc) is 3.32. The molecule has 0 radical (unpaired) electrons. The first-order valence-corrected chi connectivity index (χ1v) is 11.8. The monoisotopic (exact) mass is 511 g/mol. The van der Waals surface area contributed by atoms with Gasteiger partial charge >= 0.3 is 6.18 Å². The molecule has 2 amide bonds. The smallest absolute Gasteiger partial charge is 0.416 e. The molecule has 2 aromatic carbocycles. The summed E-state index contributed by atoms with van der Waals surface area (Å²) in [7, 11) is 0. The summed E-state index contributed by atoms with van der Waals surface area (Å²) in [5, 5.41) is 10.5. The van der Waals surface area contributed by atoms with Crippen molar-refractivity contribution in [1.82, 2.24) is 15.1 Å². The largest absolute Gasteiger partial charge is 0.489 e. The lowest BCUT2D eigenvalue weighted by atomic mass is 9.98. The van der Waals surface area contributed by atoms with E-state index < -0.39 is 11.7 Å². The van der Waals surface area contributed by atoms with Gasteiger partial charge in [0.05, 0.1) is 36.1 Å². The molecule has 0 bridgehead atoms. The topological polar surface area (TPSA) is 87.7 Å². The minimum Gasteiger partial charge on any atom is -0.489 e. The molecule has 37 heavy (non-hydrogen) atoms.